The van der Waals surface area contributed by atoms with Crippen LogP contribution in [0.25, 0.3) is 28.0 Å². The van der Waals surface area contributed by atoms with Crippen molar-refractivity contribution in [2.75, 3.05) is 13.2 Å². The number of hydrogen-bond acceptors (Lipinski definition) is 5. The van der Waals surface area contributed by atoms with Gasteiger partial charge in [0.25, 0.3) is 0 Å². The van der Waals surface area contributed by atoms with Crippen LogP contribution in [0.3, 0.4) is 0 Å². The predicted octanol–water partition coefficient (Wildman–Crippen LogP) is 6.79. The van der Waals surface area contributed by atoms with Crippen molar-refractivity contribution in [3.63, 3.8) is 0 Å². The number of hydrogen-bond donors (Lipinski definition) is 1. The van der Waals surface area contributed by atoms with E-state index in [-0.39, 0.29) is 19.1 Å². The Hall–Kier alpha value is -3.94. The summed E-state index contributed by atoms with van der Waals surface area (Å²) < 4.78 is 18.5. The molecule has 0 bridgehead atoms. The summed E-state index contributed by atoms with van der Waals surface area (Å²) in [6, 6.07) is 24.7. The average molecular weight is 532 g/mol. The second kappa shape index (κ2) is 10.2. The van der Waals surface area contributed by atoms with Gasteiger partial charge in [-0.1, -0.05) is 78.9 Å². The van der Waals surface area contributed by atoms with E-state index in [0.717, 1.165) is 21.8 Å². The maximum atomic E-state index is 13.0. The van der Waals surface area contributed by atoms with Crippen LogP contribution >= 0.6 is 0 Å². The Morgan fingerprint density at radius 2 is 1.50 bits per heavy atom. The number of benzene rings is 3. The molecular weight excluding hydrogens is 499 g/mol. The molecule has 1 aromatic heterocycles. The van der Waals surface area contributed by atoms with E-state index >= 15 is 0 Å². The molecule has 1 saturated heterocycles. The van der Waals surface area contributed by atoms with Crippen molar-refractivity contribution in [2.24, 2.45) is 0 Å². The highest BCUT2D eigenvalue weighted by Gasteiger charge is 2.52. The van der Waals surface area contributed by atoms with Crippen molar-refractivity contribution in [1.82, 2.24) is 10.3 Å². The molecule has 4 aromatic rings. The van der Waals surface area contributed by atoms with Crippen LogP contribution in [0, 0.1) is 0 Å². The van der Waals surface area contributed by atoms with Crippen molar-refractivity contribution in [1.29, 1.82) is 0 Å². The Labute approximate surface area is 235 Å². The zero-order valence-electron chi connectivity index (χ0n) is 23.3. The monoisotopic (exact) mass is 532 g/mol. The third-order valence-electron chi connectivity index (χ3n) is 8.38. The molecule has 7 heteroatoms. The summed E-state index contributed by atoms with van der Waals surface area (Å²) in [4.78, 5) is 17.4. The predicted molar refractivity (Wildman–Crippen MR) is 159 cm³/mol. The van der Waals surface area contributed by atoms with Crippen molar-refractivity contribution >= 4 is 30.1 Å². The fourth-order valence-electron chi connectivity index (χ4n) is 5.48. The van der Waals surface area contributed by atoms with Gasteiger partial charge in [-0.15, -0.1) is 0 Å². The zero-order chi connectivity index (χ0) is 27.9. The van der Waals surface area contributed by atoms with Crippen LogP contribution in [-0.4, -0.2) is 42.5 Å². The summed E-state index contributed by atoms with van der Waals surface area (Å²) in [6.07, 6.45) is 5.18. The molecule has 2 aliphatic rings. The van der Waals surface area contributed by atoms with Crippen LogP contribution in [0.4, 0.5) is 4.79 Å². The number of fused-ring (bicyclic) bond motifs is 4. The smallest absolute Gasteiger partial charge is 0.449 e. The lowest BCUT2D eigenvalue weighted by Crippen LogP contribution is -2.41. The molecule has 0 spiro atoms. The summed E-state index contributed by atoms with van der Waals surface area (Å²) in [5, 5.41) is 5.04. The molecule has 1 aliphatic carbocycles. The number of nitrogens with zero attached hydrogens (tertiary/aromatic N) is 1. The van der Waals surface area contributed by atoms with Gasteiger partial charge in [-0.3, -0.25) is 4.98 Å². The van der Waals surface area contributed by atoms with Crippen LogP contribution in [0.15, 0.2) is 90.7 Å². The van der Waals surface area contributed by atoms with Gasteiger partial charge < -0.3 is 19.4 Å². The van der Waals surface area contributed by atoms with Crippen molar-refractivity contribution in [2.45, 2.75) is 44.8 Å². The third kappa shape index (κ3) is 4.80. The molecule has 6 rings (SSSR count). The van der Waals surface area contributed by atoms with Gasteiger partial charge in [0.15, 0.2) is 0 Å². The highest BCUT2D eigenvalue weighted by atomic mass is 16.7. The lowest BCUT2D eigenvalue weighted by Gasteiger charge is -2.32. The Balaban J connectivity index is 1.21. The maximum Gasteiger partial charge on any atom is 0.492 e. The van der Waals surface area contributed by atoms with Gasteiger partial charge in [-0.05, 0) is 60.8 Å². The molecule has 2 heterocycles. The molecule has 1 N–H and O–H groups in total. The standard InChI is InChI=1S/C33H33BN2O4/c1-32(2)33(3,4)40-34(39-32)24(17-23-19-35-18-22-11-5-6-12-25(22)23)20-36-31(37)38-21-30-28-15-9-7-13-26(28)27-14-8-10-16-29(27)30/h5-19,30H,20-21H2,1-4H3,(H,36,37). The van der Waals surface area contributed by atoms with E-state index in [1.165, 1.54) is 22.3 Å². The minimum Gasteiger partial charge on any atom is -0.449 e. The molecule has 3 aromatic carbocycles. The number of carbonyl (C=O) groups is 1. The summed E-state index contributed by atoms with van der Waals surface area (Å²) >= 11 is 0. The van der Waals surface area contributed by atoms with Crippen molar-refractivity contribution in [3.8, 4) is 11.1 Å². The Bertz CT molecular complexity index is 1550. The highest BCUT2D eigenvalue weighted by molar-refractivity contribution is 6.56. The van der Waals surface area contributed by atoms with Gasteiger partial charge >= 0.3 is 13.2 Å². The minimum atomic E-state index is -0.627. The van der Waals surface area contributed by atoms with Crippen LogP contribution in [0.5, 0.6) is 0 Å². The number of pyridine rings is 1. The largest absolute Gasteiger partial charge is 0.492 e. The topological polar surface area (TPSA) is 69.7 Å². The van der Waals surface area contributed by atoms with E-state index < -0.39 is 24.4 Å². The first kappa shape index (κ1) is 26.3. The van der Waals surface area contributed by atoms with Gasteiger partial charge in [0.05, 0.1) is 11.2 Å². The zero-order valence-corrected chi connectivity index (χ0v) is 23.3. The summed E-state index contributed by atoms with van der Waals surface area (Å²) in [5.41, 5.74) is 5.43. The van der Waals surface area contributed by atoms with E-state index in [9.17, 15) is 4.79 Å². The van der Waals surface area contributed by atoms with Crippen molar-refractivity contribution < 1.29 is 18.8 Å². The Morgan fingerprint density at radius 1 is 0.900 bits per heavy atom. The number of amides is 1. The van der Waals surface area contributed by atoms with Crippen LogP contribution in [-0.2, 0) is 14.0 Å². The third-order valence-corrected chi connectivity index (χ3v) is 8.38. The molecule has 1 aliphatic heterocycles. The first-order valence-electron chi connectivity index (χ1n) is 13.7. The maximum absolute atomic E-state index is 13.0. The second-order valence-corrected chi connectivity index (χ2v) is 11.4. The number of aromatic nitrogens is 1. The lowest BCUT2D eigenvalue weighted by atomic mass is 9.76. The molecule has 40 heavy (non-hydrogen) atoms. The van der Waals surface area contributed by atoms with Crippen LogP contribution in [0.2, 0.25) is 0 Å². The molecule has 202 valence electrons. The Morgan fingerprint density at radius 3 is 2.17 bits per heavy atom. The fraction of sp³-hybridized carbons (Fsp3) is 0.273. The number of nitrogens with one attached hydrogen (secondary N) is 1. The average Bonchev–Trinajstić information content (AvgIpc) is 3.38. The SMILES string of the molecule is CC1(C)OB(C(=Cc2cncc3ccccc23)CNC(=O)OCC2c3ccccc3-c3ccccc32)OC1(C)C. The lowest BCUT2D eigenvalue weighted by molar-refractivity contribution is 0.00578. The van der Waals surface area contributed by atoms with Gasteiger partial charge in [-0.25, -0.2) is 4.79 Å². The molecule has 0 unspecified atom stereocenters. The molecule has 0 atom stereocenters. The first-order chi connectivity index (χ1) is 19.2. The summed E-state index contributed by atoms with van der Waals surface area (Å²) in [5.74, 6) is -0.00184. The molecule has 1 amide bonds. The molecule has 1 fully saturated rings. The summed E-state index contributed by atoms with van der Waals surface area (Å²) in [6.45, 7) is 8.53. The van der Waals surface area contributed by atoms with Gasteiger partial charge in [0.2, 0.25) is 0 Å². The highest BCUT2D eigenvalue weighted by Crippen LogP contribution is 2.44. The minimum absolute atomic E-state index is 0.00184. The van der Waals surface area contributed by atoms with Crippen LogP contribution < -0.4 is 5.32 Å². The molecule has 6 nitrogen and oxygen atoms in total. The van der Waals surface area contributed by atoms with Gasteiger partial charge in [-0.2, -0.15) is 0 Å². The first-order valence-corrected chi connectivity index (χ1v) is 13.7. The van der Waals surface area contributed by atoms with Gasteiger partial charge in [0.1, 0.15) is 6.61 Å². The van der Waals surface area contributed by atoms with E-state index in [4.69, 9.17) is 14.0 Å². The van der Waals surface area contributed by atoms with Crippen LogP contribution in [0.1, 0.15) is 50.3 Å². The normalized spacial score (nSPS) is 17.5. The molecular formula is C33H33BN2O4. The van der Waals surface area contributed by atoms with E-state index in [1.54, 1.807) is 0 Å². The number of ether oxygens (including phenoxy) is 1. The Kier molecular flexibility index (Phi) is 6.73. The van der Waals surface area contributed by atoms with E-state index in [0.29, 0.717) is 0 Å². The van der Waals surface area contributed by atoms with Gasteiger partial charge in [0, 0.05) is 35.8 Å². The second-order valence-electron chi connectivity index (χ2n) is 11.4. The van der Waals surface area contributed by atoms with Crippen molar-refractivity contribution in [3.05, 3.63) is 107 Å². The van der Waals surface area contributed by atoms with E-state index in [2.05, 4.69) is 40.6 Å². The van der Waals surface area contributed by atoms with E-state index in [1.807, 2.05) is 88.6 Å². The number of rotatable bonds is 6. The number of alkyl carbamates (subject to hydrolysis) is 1. The summed E-state index contributed by atoms with van der Waals surface area (Å²) in [7, 11) is -0.627. The quantitative estimate of drug-likeness (QED) is 0.277. The fourth-order valence-corrected chi connectivity index (χ4v) is 5.48. The molecule has 0 saturated carbocycles. The molecule has 0 radical (unpaired) electrons. The number of carbonyl (C=O) groups excluding carboxylic acids is 1.